The van der Waals surface area contributed by atoms with Crippen molar-refractivity contribution in [1.82, 2.24) is 10.3 Å². The van der Waals surface area contributed by atoms with Crippen LogP contribution in [0.5, 0.6) is 0 Å². The Hall–Kier alpha value is -1.98. The van der Waals surface area contributed by atoms with E-state index in [0.29, 0.717) is 6.41 Å². The molecule has 14 heavy (non-hydrogen) atoms. The third-order valence-corrected chi connectivity index (χ3v) is 1.74. The highest BCUT2D eigenvalue weighted by Gasteiger charge is 2.18. The van der Waals surface area contributed by atoms with E-state index in [9.17, 15) is 14.9 Å². The van der Waals surface area contributed by atoms with Crippen molar-refractivity contribution in [2.45, 2.75) is 13.0 Å². The molecule has 1 rings (SSSR count). The zero-order chi connectivity index (χ0) is 10.6. The first-order valence-corrected chi connectivity index (χ1v) is 3.95. The topological polar surface area (TPSA) is 85.1 Å². The zero-order valence-corrected chi connectivity index (χ0v) is 7.51. The van der Waals surface area contributed by atoms with Crippen LogP contribution in [-0.4, -0.2) is 16.3 Å². The van der Waals surface area contributed by atoms with E-state index in [-0.39, 0.29) is 11.4 Å². The van der Waals surface area contributed by atoms with E-state index >= 15 is 0 Å². The van der Waals surface area contributed by atoms with Crippen LogP contribution in [0.4, 0.5) is 5.69 Å². The van der Waals surface area contributed by atoms with Crippen LogP contribution in [0.25, 0.3) is 0 Å². The number of hydrogen-bond donors (Lipinski definition) is 1. The van der Waals surface area contributed by atoms with Crippen LogP contribution >= 0.6 is 0 Å². The standard InChI is InChI=1S/C8H9N3O3/c1-6(10-5-12)8-7(11(13)14)3-2-4-9-8/h2-6H,1H3,(H,10,12). The predicted molar refractivity (Wildman–Crippen MR) is 48.5 cm³/mol. The molecule has 0 radical (unpaired) electrons. The van der Waals surface area contributed by atoms with Gasteiger partial charge in [0.25, 0.3) is 5.69 Å². The van der Waals surface area contributed by atoms with Gasteiger partial charge in [-0.1, -0.05) is 0 Å². The molecule has 0 saturated heterocycles. The largest absolute Gasteiger partial charge is 0.350 e. The quantitative estimate of drug-likeness (QED) is 0.437. The fourth-order valence-corrected chi connectivity index (χ4v) is 1.08. The molecule has 1 amide bonds. The molecule has 0 aliphatic heterocycles. The van der Waals surface area contributed by atoms with Gasteiger partial charge >= 0.3 is 0 Å². The first-order valence-electron chi connectivity index (χ1n) is 3.95. The molecule has 74 valence electrons. The fraction of sp³-hybridized carbons (Fsp3) is 0.250. The lowest BCUT2D eigenvalue weighted by molar-refractivity contribution is -0.386. The maximum atomic E-state index is 10.6. The molecule has 1 atom stereocenters. The number of carbonyl (C=O) groups excluding carboxylic acids is 1. The van der Waals surface area contributed by atoms with Crippen LogP contribution in [-0.2, 0) is 4.79 Å². The second-order valence-electron chi connectivity index (χ2n) is 2.67. The van der Waals surface area contributed by atoms with Gasteiger partial charge in [-0.3, -0.25) is 19.9 Å². The molecule has 1 heterocycles. The Bertz CT molecular complexity index is 353. The van der Waals surface area contributed by atoms with Crippen LogP contribution in [0.2, 0.25) is 0 Å². The Morgan fingerprint density at radius 1 is 1.71 bits per heavy atom. The van der Waals surface area contributed by atoms with Crippen molar-refractivity contribution < 1.29 is 9.72 Å². The average Bonchev–Trinajstić information content (AvgIpc) is 2.18. The van der Waals surface area contributed by atoms with E-state index in [2.05, 4.69) is 10.3 Å². The molecule has 1 aromatic rings. The van der Waals surface area contributed by atoms with Gasteiger partial charge in [-0.05, 0) is 13.0 Å². The summed E-state index contributed by atoms with van der Waals surface area (Å²) in [5.74, 6) is 0. The number of nitrogens with one attached hydrogen (secondary N) is 1. The van der Waals surface area contributed by atoms with Crippen LogP contribution in [0.15, 0.2) is 18.3 Å². The Morgan fingerprint density at radius 2 is 2.43 bits per heavy atom. The second kappa shape index (κ2) is 4.31. The molecular formula is C8H9N3O3. The molecule has 6 heteroatoms. The highest BCUT2D eigenvalue weighted by molar-refractivity contribution is 5.49. The average molecular weight is 195 g/mol. The normalized spacial score (nSPS) is 11.8. The summed E-state index contributed by atoms with van der Waals surface area (Å²) in [5, 5.41) is 13.0. The summed E-state index contributed by atoms with van der Waals surface area (Å²) >= 11 is 0. The Morgan fingerprint density at radius 3 is 3.00 bits per heavy atom. The highest BCUT2D eigenvalue weighted by Crippen LogP contribution is 2.21. The number of aromatic nitrogens is 1. The summed E-state index contributed by atoms with van der Waals surface area (Å²) in [7, 11) is 0. The van der Waals surface area contributed by atoms with Crippen LogP contribution < -0.4 is 5.32 Å². The number of pyridine rings is 1. The van der Waals surface area contributed by atoms with Gasteiger partial charge < -0.3 is 5.32 Å². The smallest absolute Gasteiger partial charge is 0.292 e. The summed E-state index contributed by atoms with van der Waals surface area (Å²) in [4.78, 5) is 24.1. The number of nitro groups is 1. The number of carbonyl (C=O) groups is 1. The van der Waals surface area contributed by atoms with E-state index in [0.717, 1.165) is 0 Å². The maximum absolute atomic E-state index is 10.6. The van der Waals surface area contributed by atoms with Crippen molar-refractivity contribution in [1.29, 1.82) is 0 Å². The van der Waals surface area contributed by atoms with Crippen LogP contribution in [0, 0.1) is 10.1 Å². The summed E-state index contributed by atoms with van der Waals surface area (Å²) in [6, 6.07) is 2.37. The molecule has 0 fully saturated rings. The maximum Gasteiger partial charge on any atom is 0.292 e. The summed E-state index contributed by atoms with van der Waals surface area (Å²) < 4.78 is 0. The fourth-order valence-electron chi connectivity index (χ4n) is 1.08. The van der Waals surface area contributed by atoms with E-state index in [1.54, 1.807) is 6.92 Å². The highest BCUT2D eigenvalue weighted by atomic mass is 16.6. The van der Waals surface area contributed by atoms with Gasteiger partial charge in [0.05, 0.1) is 11.0 Å². The molecule has 0 bridgehead atoms. The predicted octanol–water partition coefficient (Wildman–Crippen LogP) is 0.797. The minimum absolute atomic E-state index is 0.0886. The van der Waals surface area contributed by atoms with Gasteiger partial charge in [0.15, 0.2) is 0 Å². The first kappa shape index (κ1) is 10.1. The van der Waals surface area contributed by atoms with Gasteiger partial charge in [0.1, 0.15) is 5.69 Å². The lowest BCUT2D eigenvalue weighted by atomic mass is 10.2. The molecule has 1 unspecified atom stereocenters. The SMILES string of the molecule is CC(NC=O)c1ncccc1[N+](=O)[O-]. The number of nitrogens with zero attached hydrogens (tertiary/aromatic N) is 2. The minimum Gasteiger partial charge on any atom is -0.350 e. The van der Waals surface area contributed by atoms with Gasteiger partial charge in [0.2, 0.25) is 6.41 Å². The van der Waals surface area contributed by atoms with E-state index < -0.39 is 11.0 Å². The van der Waals surface area contributed by atoms with Gasteiger partial charge in [-0.15, -0.1) is 0 Å². The van der Waals surface area contributed by atoms with Crippen molar-refractivity contribution >= 4 is 12.1 Å². The molecule has 0 aliphatic carbocycles. The molecule has 0 aliphatic rings. The molecule has 6 nitrogen and oxygen atoms in total. The molecule has 1 N–H and O–H groups in total. The third-order valence-electron chi connectivity index (χ3n) is 1.74. The Balaban J connectivity index is 3.06. The summed E-state index contributed by atoms with van der Waals surface area (Å²) in [6.07, 6.45) is 1.94. The monoisotopic (exact) mass is 195 g/mol. The third kappa shape index (κ3) is 2.03. The number of rotatable bonds is 4. The molecule has 0 spiro atoms. The zero-order valence-electron chi connectivity index (χ0n) is 7.51. The Kier molecular flexibility index (Phi) is 3.11. The lowest BCUT2D eigenvalue weighted by Gasteiger charge is -2.08. The molecule has 0 saturated carbocycles. The number of hydrogen-bond acceptors (Lipinski definition) is 4. The van der Waals surface area contributed by atoms with Gasteiger partial charge in [-0.25, -0.2) is 0 Å². The van der Waals surface area contributed by atoms with Crippen LogP contribution in [0.3, 0.4) is 0 Å². The van der Waals surface area contributed by atoms with Gasteiger partial charge in [0, 0.05) is 12.3 Å². The molecule has 1 aromatic heterocycles. The Labute approximate surface area is 80.1 Å². The van der Waals surface area contributed by atoms with E-state index in [4.69, 9.17) is 0 Å². The summed E-state index contributed by atoms with van der Waals surface area (Å²) in [5.41, 5.74) is 0.166. The van der Waals surface area contributed by atoms with Crippen molar-refractivity contribution in [3.05, 3.63) is 34.1 Å². The molecule has 0 aromatic carbocycles. The molecular weight excluding hydrogens is 186 g/mol. The summed E-state index contributed by atoms with van der Waals surface area (Å²) in [6.45, 7) is 1.63. The lowest BCUT2D eigenvalue weighted by Crippen LogP contribution is -2.18. The van der Waals surface area contributed by atoms with Crippen molar-refractivity contribution in [2.75, 3.05) is 0 Å². The first-order chi connectivity index (χ1) is 6.66. The minimum atomic E-state index is -0.523. The van der Waals surface area contributed by atoms with Crippen molar-refractivity contribution in [3.63, 3.8) is 0 Å². The van der Waals surface area contributed by atoms with Gasteiger partial charge in [-0.2, -0.15) is 0 Å². The van der Waals surface area contributed by atoms with Crippen molar-refractivity contribution in [2.24, 2.45) is 0 Å². The van der Waals surface area contributed by atoms with E-state index in [1.807, 2.05) is 0 Å². The number of amides is 1. The van der Waals surface area contributed by atoms with Crippen molar-refractivity contribution in [3.8, 4) is 0 Å². The second-order valence-corrected chi connectivity index (χ2v) is 2.67. The van der Waals surface area contributed by atoms with Crippen LogP contribution in [0.1, 0.15) is 18.7 Å². The van der Waals surface area contributed by atoms with E-state index in [1.165, 1.54) is 18.3 Å².